The number of hydrogen-bond donors (Lipinski definition) is 2. The number of hydrazine groups is 1. The Morgan fingerprint density at radius 2 is 1.89 bits per heavy atom. The molecule has 2 heterocycles. The molecule has 106 valence electrons. The number of piperidine rings is 1. The second-order valence-electron chi connectivity index (χ2n) is 6.50. The van der Waals surface area contributed by atoms with Gasteiger partial charge in [0.05, 0.1) is 5.69 Å². The lowest BCUT2D eigenvalue weighted by atomic mass is 9.92. The van der Waals surface area contributed by atoms with Crippen molar-refractivity contribution in [3.8, 4) is 0 Å². The zero-order chi connectivity index (χ0) is 14.0. The molecule has 19 heavy (non-hydrogen) atoms. The van der Waals surface area contributed by atoms with E-state index in [1.54, 1.807) is 0 Å². The van der Waals surface area contributed by atoms with E-state index in [1.165, 1.54) is 12.8 Å². The molecule has 0 unspecified atom stereocenters. The standard InChI is InChI=1S/C14H25N5/c1-10-5-7-19(8-6-10)13-16-11(14(2,3)4)9-12(17-13)18-15/h9-10H,5-8,15H2,1-4H3,(H,16,17,18). The highest BCUT2D eigenvalue weighted by Gasteiger charge is 2.22. The summed E-state index contributed by atoms with van der Waals surface area (Å²) in [5, 5.41) is 0. The quantitative estimate of drug-likeness (QED) is 0.633. The molecule has 0 spiro atoms. The van der Waals surface area contributed by atoms with E-state index in [2.05, 4.69) is 43.0 Å². The summed E-state index contributed by atoms with van der Waals surface area (Å²) in [6.07, 6.45) is 2.41. The molecule has 3 N–H and O–H groups in total. The minimum absolute atomic E-state index is 0.00757. The zero-order valence-electron chi connectivity index (χ0n) is 12.4. The Kier molecular flexibility index (Phi) is 3.94. The maximum absolute atomic E-state index is 5.52. The zero-order valence-corrected chi connectivity index (χ0v) is 12.4. The van der Waals surface area contributed by atoms with Gasteiger partial charge in [0.15, 0.2) is 0 Å². The van der Waals surface area contributed by atoms with Gasteiger partial charge in [-0.3, -0.25) is 0 Å². The molecular weight excluding hydrogens is 238 g/mol. The van der Waals surface area contributed by atoms with Gasteiger partial charge in [0.1, 0.15) is 5.82 Å². The number of nitrogens with zero attached hydrogens (tertiary/aromatic N) is 3. The first-order valence-corrected chi connectivity index (χ1v) is 7.01. The van der Waals surface area contributed by atoms with Crippen molar-refractivity contribution >= 4 is 11.8 Å². The Hall–Kier alpha value is -1.36. The average Bonchev–Trinajstić information content (AvgIpc) is 2.38. The Morgan fingerprint density at radius 1 is 1.26 bits per heavy atom. The van der Waals surface area contributed by atoms with E-state index in [0.29, 0.717) is 5.82 Å². The summed E-state index contributed by atoms with van der Waals surface area (Å²) < 4.78 is 0. The number of anilines is 2. The lowest BCUT2D eigenvalue weighted by Crippen LogP contribution is -2.35. The third-order valence-corrected chi connectivity index (χ3v) is 3.70. The lowest BCUT2D eigenvalue weighted by molar-refractivity contribution is 0.433. The number of rotatable bonds is 2. The first-order chi connectivity index (χ1) is 8.90. The second kappa shape index (κ2) is 5.33. The summed E-state index contributed by atoms with van der Waals surface area (Å²) in [7, 11) is 0. The second-order valence-corrected chi connectivity index (χ2v) is 6.50. The van der Waals surface area contributed by atoms with Crippen LogP contribution in [0.15, 0.2) is 6.07 Å². The molecule has 0 aliphatic carbocycles. The minimum atomic E-state index is -0.00757. The van der Waals surface area contributed by atoms with Crippen molar-refractivity contribution in [1.29, 1.82) is 0 Å². The number of nitrogens with one attached hydrogen (secondary N) is 1. The fraction of sp³-hybridized carbons (Fsp3) is 0.714. The molecule has 5 nitrogen and oxygen atoms in total. The van der Waals surface area contributed by atoms with E-state index in [-0.39, 0.29) is 5.41 Å². The predicted octanol–water partition coefficient (Wildman–Crippen LogP) is 2.30. The SMILES string of the molecule is CC1CCN(c2nc(NN)cc(C(C)(C)C)n2)CC1. The van der Waals surface area contributed by atoms with E-state index in [0.717, 1.165) is 30.6 Å². The summed E-state index contributed by atoms with van der Waals surface area (Å²) >= 11 is 0. The van der Waals surface area contributed by atoms with Crippen molar-refractivity contribution in [2.45, 2.75) is 46.0 Å². The Morgan fingerprint density at radius 3 is 2.42 bits per heavy atom. The molecule has 1 aromatic heterocycles. The van der Waals surface area contributed by atoms with Crippen LogP contribution in [0.4, 0.5) is 11.8 Å². The predicted molar refractivity (Wildman–Crippen MR) is 79.2 cm³/mol. The van der Waals surface area contributed by atoms with Crippen molar-refractivity contribution in [3.05, 3.63) is 11.8 Å². The molecule has 0 saturated carbocycles. The highest BCUT2D eigenvalue weighted by molar-refractivity contribution is 5.44. The van der Waals surface area contributed by atoms with Crippen LogP contribution in [0.25, 0.3) is 0 Å². The third kappa shape index (κ3) is 3.35. The summed E-state index contributed by atoms with van der Waals surface area (Å²) in [5.41, 5.74) is 3.66. The minimum Gasteiger partial charge on any atom is -0.341 e. The van der Waals surface area contributed by atoms with Crippen LogP contribution in [-0.2, 0) is 5.41 Å². The molecule has 1 aliphatic rings. The number of nitrogens with two attached hydrogens (primary N) is 1. The van der Waals surface area contributed by atoms with Gasteiger partial charge < -0.3 is 10.3 Å². The molecule has 5 heteroatoms. The van der Waals surface area contributed by atoms with Crippen LogP contribution >= 0.6 is 0 Å². The Balaban J connectivity index is 2.29. The molecule has 0 amide bonds. The fourth-order valence-corrected chi connectivity index (χ4v) is 2.24. The summed E-state index contributed by atoms with van der Waals surface area (Å²) in [4.78, 5) is 11.5. The van der Waals surface area contributed by atoms with Crippen molar-refractivity contribution in [3.63, 3.8) is 0 Å². The highest BCUT2D eigenvalue weighted by Crippen LogP contribution is 2.26. The molecule has 1 aliphatic heterocycles. The van der Waals surface area contributed by atoms with Crippen molar-refractivity contribution < 1.29 is 0 Å². The highest BCUT2D eigenvalue weighted by atomic mass is 15.3. The molecule has 0 radical (unpaired) electrons. The molecular formula is C14H25N5. The molecule has 0 bridgehead atoms. The number of aromatic nitrogens is 2. The van der Waals surface area contributed by atoms with Gasteiger partial charge in [0.2, 0.25) is 5.95 Å². The van der Waals surface area contributed by atoms with Crippen LogP contribution in [0.1, 0.15) is 46.2 Å². The first-order valence-electron chi connectivity index (χ1n) is 7.01. The molecule has 1 fully saturated rings. The smallest absolute Gasteiger partial charge is 0.227 e. The van der Waals surface area contributed by atoms with Gasteiger partial charge in [0.25, 0.3) is 0 Å². The monoisotopic (exact) mass is 263 g/mol. The number of hydrogen-bond acceptors (Lipinski definition) is 5. The van der Waals surface area contributed by atoms with E-state index in [1.807, 2.05) is 6.07 Å². The van der Waals surface area contributed by atoms with Crippen LogP contribution in [0, 0.1) is 5.92 Å². The van der Waals surface area contributed by atoms with Gasteiger partial charge >= 0.3 is 0 Å². The van der Waals surface area contributed by atoms with Gasteiger partial charge in [-0.25, -0.2) is 10.8 Å². The van der Waals surface area contributed by atoms with Gasteiger partial charge in [-0.1, -0.05) is 27.7 Å². The molecule has 0 atom stereocenters. The van der Waals surface area contributed by atoms with E-state index < -0.39 is 0 Å². The summed E-state index contributed by atoms with van der Waals surface area (Å²) in [6.45, 7) is 10.8. The molecule has 0 aromatic carbocycles. The summed E-state index contributed by atoms with van der Waals surface area (Å²) in [6, 6.07) is 1.93. The van der Waals surface area contributed by atoms with Gasteiger partial charge in [-0.05, 0) is 18.8 Å². The molecule has 2 rings (SSSR count). The Labute approximate surface area is 115 Å². The van der Waals surface area contributed by atoms with E-state index in [4.69, 9.17) is 10.8 Å². The van der Waals surface area contributed by atoms with Crippen molar-refractivity contribution in [2.75, 3.05) is 23.4 Å². The van der Waals surface area contributed by atoms with Crippen LogP contribution in [0.2, 0.25) is 0 Å². The maximum atomic E-state index is 5.52. The van der Waals surface area contributed by atoms with Gasteiger partial charge in [0, 0.05) is 24.6 Å². The topological polar surface area (TPSA) is 67.1 Å². The van der Waals surface area contributed by atoms with Gasteiger partial charge in [-0.15, -0.1) is 0 Å². The fourth-order valence-electron chi connectivity index (χ4n) is 2.24. The molecule has 1 saturated heterocycles. The van der Waals surface area contributed by atoms with Gasteiger partial charge in [-0.2, -0.15) is 4.98 Å². The van der Waals surface area contributed by atoms with Crippen LogP contribution in [0.5, 0.6) is 0 Å². The third-order valence-electron chi connectivity index (χ3n) is 3.70. The summed E-state index contributed by atoms with van der Waals surface area (Å²) in [5.74, 6) is 7.81. The van der Waals surface area contributed by atoms with Crippen molar-refractivity contribution in [2.24, 2.45) is 11.8 Å². The maximum Gasteiger partial charge on any atom is 0.227 e. The normalized spacial score (nSPS) is 17.6. The number of nitrogen functional groups attached to an aromatic ring is 1. The van der Waals surface area contributed by atoms with Crippen LogP contribution in [0.3, 0.4) is 0 Å². The first kappa shape index (κ1) is 14.1. The van der Waals surface area contributed by atoms with E-state index in [9.17, 15) is 0 Å². The van der Waals surface area contributed by atoms with Crippen LogP contribution < -0.4 is 16.2 Å². The van der Waals surface area contributed by atoms with E-state index >= 15 is 0 Å². The Bertz CT molecular complexity index is 430. The average molecular weight is 263 g/mol. The van der Waals surface area contributed by atoms with Crippen LogP contribution in [-0.4, -0.2) is 23.1 Å². The lowest BCUT2D eigenvalue weighted by Gasteiger charge is -2.31. The van der Waals surface area contributed by atoms with Crippen molar-refractivity contribution in [1.82, 2.24) is 9.97 Å². The molecule has 1 aromatic rings. The largest absolute Gasteiger partial charge is 0.341 e.